The van der Waals surface area contributed by atoms with Crippen molar-refractivity contribution in [3.63, 3.8) is 0 Å². The Morgan fingerprint density at radius 1 is 1.15 bits per heavy atom. The van der Waals surface area contributed by atoms with Crippen molar-refractivity contribution in [2.24, 2.45) is 17.8 Å². The molecule has 0 unspecified atom stereocenters. The Morgan fingerprint density at radius 2 is 1.88 bits per heavy atom. The van der Waals surface area contributed by atoms with E-state index in [1.54, 1.807) is 0 Å². The number of fused-ring (bicyclic) bond motifs is 1. The summed E-state index contributed by atoms with van der Waals surface area (Å²) < 4.78 is 5.14. The molecule has 138 valence electrons. The number of benzene rings is 1. The summed E-state index contributed by atoms with van der Waals surface area (Å²) in [7, 11) is 0. The molecule has 0 amide bonds. The van der Waals surface area contributed by atoms with Crippen molar-refractivity contribution in [2.45, 2.75) is 33.6 Å². The van der Waals surface area contributed by atoms with Crippen LogP contribution in [0.1, 0.15) is 32.9 Å². The lowest BCUT2D eigenvalue weighted by molar-refractivity contribution is -0.150. The minimum absolute atomic E-state index is 0.0438. The highest BCUT2D eigenvalue weighted by molar-refractivity contribution is 5.86. The molecular formula is C22H27NO3. The van der Waals surface area contributed by atoms with Crippen LogP contribution in [0, 0.1) is 17.8 Å². The fraction of sp³-hybridized carbons (Fsp3) is 0.409. The van der Waals surface area contributed by atoms with Crippen LogP contribution >= 0.6 is 0 Å². The van der Waals surface area contributed by atoms with Gasteiger partial charge in [0.25, 0.3) is 0 Å². The van der Waals surface area contributed by atoms with Gasteiger partial charge in [-0.25, -0.2) is 0 Å². The van der Waals surface area contributed by atoms with Gasteiger partial charge in [-0.3, -0.25) is 14.6 Å². The number of hydrogen-bond donors (Lipinski definition) is 0. The van der Waals surface area contributed by atoms with E-state index in [0.717, 1.165) is 16.6 Å². The van der Waals surface area contributed by atoms with Crippen LogP contribution in [0.4, 0.5) is 0 Å². The summed E-state index contributed by atoms with van der Waals surface area (Å²) in [6.45, 7) is 9.48. The molecule has 2 rings (SSSR count). The molecule has 1 aromatic carbocycles. The van der Waals surface area contributed by atoms with Crippen LogP contribution in [0.25, 0.3) is 10.9 Å². The Kier molecular flexibility index (Phi) is 7.07. The Morgan fingerprint density at radius 3 is 2.58 bits per heavy atom. The third-order valence-corrected chi connectivity index (χ3v) is 4.59. The van der Waals surface area contributed by atoms with Crippen molar-refractivity contribution in [1.82, 2.24) is 4.98 Å². The molecule has 0 spiro atoms. The minimum atomic E-state index is -0.422. The largest absolute Gasteiger partial charge is 0.461 e. The van der Waals surface area contributed by atoms with E-state index in [-0.39, 0.29) is 36.6 Å². The van der Waals surface area contributed by atoms with Crippen molar-refractivity contribution in [1.29, 1.82) is 0 Å². The second-order valence-corrected chi connectivity index (χ2v) is 7.04. The van der Waals surface area contributed by atoms with Gasteiger partial charge in [-0.05, 0) is 24.5 Å². The van der Waals surface area contributed by atoms with E-state index in [1.807, 2.05) is 57.2 Å². The smallest absolute Gasteiger partial charge is 0.309 e. The molecule has 0 fully saturated rings. The summed E-state index contributed by atoms with van der Waals surface area (Å²) in [6, 6.07) is 11.9. The third-order valence-electron chi connectivity index (χ3n) is 4.59. The van der Waals surface area contributed by atoms with Crippen molar-refractivity contribution in [3.8, 4) is 0 Å². The Bertz CT molecular complexity index is 782. The van der Waals surface area contributed by atoms with Crippen LogP contribution in [-0.4, -0.2) is 23.3 Å². The number of rotatable bonds is 9. The van der Waals surface area contributed by atoms with Crippen LogP contribution in [0.3, 0.4) is 0 Å². The van der Waals surface area contributed by atoms with E-state index in [4.69, 9.17) is 4.74 Å². The number of pyridine rings is 1. The highest BCUT2D eigenvalue weighted by Crippen LogP contribution is 2.22. The first-order valence-electron chi connectivity index (χ1n) is 9.07. The topological polar surface area (TPSA) is 56.3 Å². The lowest BCUT2D eigenvalue weighted by Gasteiger charge is -2.20. The number of hydrogen-bond acceptors (Lipinski definition) is 4. The van der Waals surface area contributed by atoms with E-state index < -0.39 is 5.92 Å². The number of ether oxygens (including phenoxy) is 1. The highest BCUT2D eigenvalue weighted by Gasteiger charge is 2.28. The molecule has 26 heavy (non-hydrogen) atoms. The van der Waals surface area contributed by atoms with Gasteiger partial charge in [0, 0.05) is 23.4 Å². The van der Waals surface area contributed by atoms with E-state index in [9.17, 15) is 9.59 Å². The number of aromatic nitrogens is 1. The molecule has 0 radical (unpaired) electrons. The first-order chi connectivity index (χ1) is 12.4. The summed E-state index contributed by atoms with van der Waals surface area (Å²) in [5.41, 5.74) is 1.82. The van der Waals surface area contributed by atoms with Gasteiger partial charge < -0.3 is 4.74 Å². The van der Waals surface area contributed by atoms with Crippen LogP contribution < -0.4 is 0 Å². The summed E-state index contributed by atoms with van der Waals surface area (Å²) >= 11 is 0. The van der Waals surface area contributed by atoms with E-state index in [2.05, 4.69) is 11.6 Å². The van der Waals surface area contributed by atoms with Crippen LogP contribution in [0.2, 0.25) is 0 Å². The summed E-state index contributed by atoms with van der Waals surface area (Å²) in [6.07, 6.45) is 2.30. The third kappa shape index (κ3) is 5.25. The number of ketones is 1. The van der Waals surface area contributed by atoms with Crippen molar-refractivity contribution in [3.05, 3.63) is 54.7 Å². The second-order valence-electron chi connectivity index (χ2n) is 7.04. The molecule has 0 bridgehead atoms. The van der Waals surface area contributed by atoms with Gasteiger partial charge in [0.2, 0.25) is 0 Å². The zero-order chi connectivity index (χ0) is 19.1. The van der Waals surface area contributed by atoms with E-state index in [0.29, 0.717) is 6.42 Å². The Hall–Kier alpha value is -2.49. The summed E-state index contributed by atoms with van der Waals surface area (Å²) in [5, 5.41) is 1.08. The number of carbonyl (C=O) groups excluding carboxylic acids is 2. The zero-order valence-electron chi connectivity index (χ0n) is 15.8. The fourth-order valence-electron chi connectivity index (χ4n) is 2.91. The maximum Gasteiger partial charge on any atom is 0.309 e. The molecule has 0 saturated heterocycles. The van der Waals surface area contributed by atoms with Crippen LogP contribution in [0.15, 0.2) is 49.1 Å². The average Bonchev–Trinajstić information content (AvgIpc) is 2.63. The number of Topliss-reactive ketones (excluding diaryl/α,β-unsaturated/α-hetero) is 1. The number of esters is 1. The van der Waals surface area contributed by atoms with Crippen LogP contribution in [-0.2, 0) is 20.7 Å². The van der Waals surface area contributed by atoms with Crippen molar-refractivity contribution < 1.29 is 14.3 Å². The Balaban J connectivity index is 2.02. The summed E-state index contributed by atoms with van der Waals surface area (Å²) in [4.78, 5) is 29.5. The monoisotopic (exact) mass is 353 g/mol. The Labute approximate surface area is 155 Å². The maximum atomic E-state index is 12.6. The molecule has 0 aliphatic heterocycles. The van der Waals surface area contributed by atoms with Gasteiger partial charge >= 0.3 is 5.97 Å². The molecule has 4 nitrogen and oxygen atoms in total. The zero-order valence-corrected chi connectivity index (χ0v) is 15.8. The molecule has 2 aromatic rings. The first kappa shape index (κ1) is 19.8. The predicted octanol–water partition coefficient (Wildman–Crippen LogP) is 4.37. The van der Waals surface area contributed by atoms with E-state index >= 15 is 0 Å². The molecule has 1 aromatic heterocycles. The normalized spacial score (nSPS) is 13.4. The molecular weight excluding hydrogens is 326 g/mol. The van der Waals surface area contributed by atoms with Gasteiger partial charge in [-0.2, -0.15) is 0 Å². The standard InChI is InChI=1S/C22H27NO3/c1-5-12-26-22(25)19(15(2)3)14-21(24)16(4)13-18-11-10-17-8-6-7-9-20(17)23-18/h5-11,15-16,19H,1,12-14H2,2-4H3/t16-,19-/m0/s1. The second kappa shape index (κ2) is 9.27. The molecule has 1 heterocycles. The lowest BCUT2D eigenvalue weighted by Crippen LogP contribution is -2.28. The maximum absolute atomic E-state index is 12.6. The number of para-hydroxylation sites is 1. The highest BCUT2D eigenvalue weighted by atomic mass is 16.5. The quantitative estimate of drug-likeness (QED) is 0.496. The lowest BCUT2D eigenvalue weighted by atomic mass is 9.86. The average molecular weight is 353 g/mol. The van der Waals surface area contributed by atoms with E-state index in [1.165, 1.54) is 6.08 Å². The van der Waals surface area contributed by atoms with Crippen LogP contribution in [0.5, 0.6) is 0 Å². The minimum Gasteiger partial charge on any atom is -0.461 e. The van der Waals surface area contributed by atoms with Crippen molar-refractivity contribution in [2.75, 3.05) is 6.61 Å². The number of nitrogens with zero attached hydrogens (tertiary/aromatic N) is 1. The predicted molar refractivity (Wildman–Crippen MR) is 104 cm³/mol. The molecule has 2 atom stereocenters. The molecule has 4 heteroatoms. The molecule has 0 aliphatic rings. The van der Waals surface area contributed by atoms with Crippen molar-refractivity contribution >= 4 is 22.7 Å². The number of carbonyl (C=O) groups is 2. The SMILES string of the molecule is C=CCOC(=O)[C@@H](CC(=O)[C@@H](C)Cc1ccc2ccccc2n1)C(C)C. The molecule has 0 N–H and O–H groups in total. The molecule has 0 aliphatic carbocycles. The molecule has 0 saturated carbocycles. The fourth-order valence-corrected chi connectivity index (χ4v) is 2.91. The van der Waals surface area contributed by atoms with Gasteiger partial charge in [0.15, 0.2) is 0 Å². The first-order valence-corrected chi connectivity index (χ1v) is 9.07. The van der Waals surface area contributed by atoms with Gasteiger partial charge in [-0.15, -0.1) is 0 Å². The van der Waals surface area contributed by atoms with Gasteiger partial charge in [0.1, 0.15) is 12.4 Å². The van der Waals surface area contributed by atoms with Gasteiger partial charge in [-0.1, -0.05) is 57.7 Å². The summed E-state index contributed by atoms with van der Waals surface area (Å²) in [5.74, 6) is -0.840. The van der Waals surface area contributed by atoms with Gasteiger partial charge in [0.05, 0.1) is 11.4 Å².